The molecule has 0 bridgehead atoms. The van der Waals surface area contributed by atoms with Gasteiger partial charge in [0.05, 0.1) is 5.69 Å². The Morgan fingerprint density at radius 2 is 1.83 bits per heavy atom. The first kappa shape index (κ1) is 13.5. The molecule has 0 aliphatic carbocycles. The first-order valence-electron chi connectivity index (χ1n) is 4.90. The van der Waals surface area contributed by atoms with E-state index >= 15 is 0 Å². The van der Waals surface area contributed by atoms with Gasteiger partial charge in [0.25, 0.3) is 0 Å². The third-order valence-corrected chi connectivity index (χ3v) is 3.36. The minimum Gasteiger partial charge on any atom is -0.357 e. The molecule has 8 heteroatoms. The van der Waals surface area contributed by atoms with E-state index in [1.807, 2.05) is 18.2 Å². The number of anilines is 3. The van der Waals surface area contributed by atoms with Gasteiger partial charge in [-0.05, 0) is 45.7 Å². The van der Waals surface area contributed by atoms with Crippen LogP contribution in [0.2, 0.25) is 5.28 Å². The highest BCUT2D eigenvalue weighted by molar-refractivity contribution is 9.11. The lowest BCUT2D eigenvalue weighted by molar-refractivity contribution is 1.05. The largest absolute Gasteiger partial charge is 0.357 e. The molecule has 2 rings (SSSR count). The molecule has 1 aromatic heterocycles. The van der Waals surface area contributed by atoms with Gasteiger partial charge >= 0.3 is 0 Å². The minimum absolute atomic E-state index is 0.128. The topological polar surface area (TPSA) is 62.7 Å². The van der Waals surface area contributed by atoms with Crippen LogP contribution in [0.3, 0.4) is 0 Å². The highest BCUT2D eigenvalue weighted by atomic mass is 79.9. The van der Waals surface area contributed by atoms with E-state index in [1.54, 1.807) is 7.05 Å². The Morgan fingerprint density at radius 1 is 1.11 bits per heavy atom. The molecule has 2 aromatic rings. The average Bonchev–Trinajstić information content (AvgIpc) is 2.33. The molecule has 1 aromatic carbocycles. The summed E-state index contributed by atoms with van der Waals surface area (Å²) in [6, 6.07) is 5.74. The zero-order chi connectivity index (χ0) is 13.1. The highest BCUT2D eigenvalue weighted by Gasteiger charge is 2.06. The summed E-state index contributed by atoms with van der Waals surface area (Å²) in [6.45, 7) is 0. The van der Waals surface area contributed by atoms with Crippen molar-refractivity contribution in [2.45, 2.75) is 0 Å². The Morgan fingerprint density at radius 3 is 2.56 bits per heavy atom. The predicted molar refractivity (Wildman–Crippen MR) is 79.5 cm³/mol. The minimum atomic E-state index is 0.128. The molecule has 0 fully saturated rings. The zero-order valence-electron chi connectivity index (χ0n) is 9.21. The zero-order valence-corrected chi connectivity index (χ0v) is 13.1. The third-order valence-electron chi connectivity index (χ3n) is 2.01. The maximum Gasteiger partial charge on any atom is 0.233 e. The van der Waals surface area contributed by atoms with Crippen LogP contribution >= 0.6 is 43.5 Å². The van der Waals surface area contributed by atoms with Gasteiger partial charge in [-0.2, -0.15) is 15.0 Å². The van der Waals surface area contributed by atoms with E-state index in [-0.39, 0.29) is 5.28 Å². The maximum atomic E-state index is 5.80. The molecule has 0 unspecified atom stereocenters. The lowest BCUT2D eigenvalue weighted by atomic mass is 10.3. The highest BCUT2D eigenvalue weighted by Crippen LogP contribution is 2.28. The molecule has 0 amide bonds. The van der Waals surface area contributed by atoms with Crippen molar-refractivity contribution in [2.24, 2.45) is 0 Å². The summed E-state index contributed by atoms with van der Waals surface area (Å²) in [5, 5.41) is 6.01. The van der Waals surface area contributed by atoms with Crippen LogP contribution in [0.4, 0.5) is 17.6 Å². The standard InChI is InChI=1S/C10H8Br2ClN5/c1-14-9-16-8(13)17-10(18-9)15-7-4-5(11)2-3-6(7)12/h2-4H,1H3,(H2,14,15,16,17,18). The quantitative estimate of drug-likeness (QED) is 0.830. The number of aromatic nitrogens is 3. The summed E-state index contributed by atoms with van der Waals surface area (Å²) in [5.41, 5.74) is 0.827. The second kappa shape index (κ2) is 5.81. The number of halogens is 3. The van der Waals surface area contributed by atoms with Gasteiger partial charge in [0, 0.05) is 16.0 Å². The summed E-state index contributed by atoms with van der Waals surface area (Å²) >= 11 is 12.6. The van der Waals surface area contributed by atoms with E-state index in [0.717, 1.165) is 14.6 Å². The lowest BCUT2D eigenvalue weighted by Gasteiger charge is -2.08. The van der Waals surface area contributed by atoms with Gasteiger partial charge in [-0.1, -0.05) is 15.9 Å². The predicted octanol–water partition coefficient (Wildman–Crippen LogP) is 3.84. The lowest BCUT2D eigenvalue weighted by Crippen LogP contribution is -2.04. The van der Waals surface area contributed by atoms with Crippen LogP contribution in [-0.2, 0) is 0 Å². The van der Waals surface area contributed by atoms with Crippen LogP contribution in [0.5, 0.6) is 0 Å². The SMILES string of the molecule is CNc1nc(Cl)nc(Nc2cc(Br)ccc2Br)n1. The number of hydrogen-bond acceptors (Lipinski definition) is 5. The van der Waals surface area contributed by atoms with Crippen LogP contribution in [0.1, 0.15) is 0 Å². The molecule has 1 heterocycles. The number of nitrogens with one attached hydrogen (secondary N) is 2. The van der Waals surface area contributed by atoms with E-state index in [1.165, 1.54) is 0 Å². The van der Waals surface area contributed by atoms with Gasteiger partial charge in [-0.3, -0.25) is 0 Å². The normalized spacial score (nSPS) is 10.2. The molecule has 0 spiro atoms. The van der Waals surface area contributed by atoms with Gasteiger partial charge in [-0.15, -0.1) is 0 Å². The molecule has 0 saturated heterocycles. The number of hydrogen-bond donors (Lipinski definition) is 2. The van der Waals surface area contributed by atoms with Gasteiger partial charge in [0.1, 0.15) is 0 Å². The fourth-order valence-corrected chi connectivity index (χ4v) is 2.10. The van der Waals surface area contributed by atoms with E-state index in [2.05, 4.69) is 57.4 Å². The molecule has 2 N–H and O–H groups in total. The smallest absolute Gasteiger partial charge is 0.233 e. The summed E-state index contributed by atoms with van der Waals surface area (Å²) < 4.78 is 1.84. The molecule has 18 heavy (non-hydrogen) atoms. The van der Waals surface area contributed by atoms with Crippen LogP contribution in [0.25, 0.3) is 0 Å². The number of nitrogens with zero attached hydrogens (tertiary/aromatic N) is 3. The third kappa shape index (κ3) is 3.30. The summed E-state index contributed by atoms with van der Waals surface area (Å²) in [6.07, 6.45) is 0. The van der Waals surface area contributed by atoms with Crippen molar-refractivity contribution in [3.63, 3.8) is 0 Å². The second-order valence-corrected chi connectivity index (χ2v) is 5.36. The second-order valence-electron chi connectivity index (χ2n) is 3.25. The molecular formula is C10H8Br2ClN5. The van der Waals surface area contributed by atoms with Crippen molar-refractivity contribution in [2.75, 3.05) is 17.7 Å². The van der Waals surface area contributed by atoms with Crippen molar-refractivity contribution in [1.82, 2.24) is 15.0 Å². The van der Waals surface area contributed by atoms with Crippen molar-refractivity contribution in [3.05, 3.63) is 32.4 Å². The Balaban J connectivity index is 2.33. The fraction of sp³-hybridized carbons (Fsp3) is 0.100. The van der Waals surface area contributed by atoms with Crippen LogP contribution < -0.4 is 10.6 Å². The summed E-state index contributed by atoms with van der Waals surface area (Å²) in [5.74, 6) is 0.779. The molecule has 94 valence electrons. The van der Waals surface area contributed by atoms with Crippen molar-refractivity contribution in [1.29, 1.82) is 0 Å². The maximum absolute atomic E-state index is 5.80. The molecule has 5 nitrogen and oxygen atoms in total. The number of benzene rings is 1. The van der Waals surface area contributed by atoms with E-state index in [9.17, 15) is 0 Å². The fourth-order valence-electron chi connectivity index (χ4n) is 1.23. The summed E-state index contributed by atoms with van der Waals surface area (Å²) in [7, 11) is 1.71. The first-order chi connectivity index (χ1) is 8.58. The van der Waals surface area contributed by atoms with E-state index in [4.69, 9.17) is 11.6 Å². The average molecular weight is 393 g/mol. The van der Waals surface area contributed by atoms with Crippen molar-refractivity contribution in [3.8, 4) is 0 Å². The Kier molecular flexibility index (Phi) is 4.36. The van der Waals surface area contributed by atoms with Gasteiger partial charge in [0.2, 0.25) is 17.2 Å². The van der Waals surface area contributed by atoms with Crippen LogP contribution in [0.15, 0.2) is 27.1 Å². The Bertz CT molecular complexity index is 578. The Labute approximate surface area is 126 Å². The van der Waals surface area contributed by atoms with Crippen LogP contribution in [0, 0.1) is 0 Å². The van der Waals surface area contributed by atoms with Gasteiger partial charge in [-0.25, -0.2) is 0 Å². The van der Waals surface area contributed by atoms with E-state index in [0.29, 0.717) is 11.9 Å². The monoisotopic (exact) mass is 391 g/mol. The molecule has 0 saturated carbocycles. The molecule has 0 radical (unpaired) electrons. The molecule has 0 aliphatic heterocycles. The molecule has 0 atom stereocenters. The first-order valence-corrected chi connectivity index (χ1v) is 6.86. The van der Waals surface area contributed by atoms with Gasteiger partial charge in [0.15, 0.2) is 0 Å². The van der Waals surface area contributed by atoms with Gasteiger partial charge < -0.3 is 10.6 Å². The van der Waals surface area contributed by atoms with Crippen LogP contribution in [-0.4, -0.2) is 22.0 Å². The van der Waals surface area contributed by atoms with Crippen molar-refractivity contribution >= 4 is 61.0 Å². The summed E-state index contributed by atoms with van der Waals surface area (Å²) in [4.78, 5) is 12.1. The van der Waals surface area contributed by atoms with Crippen molar-refractivity contribution < 1.29 is 0 Å². The molecular weight excluding hydrogens is 385 g/mol. The van der Waals surface area contributed by atoms with E-state index < -0.39 is 0 Å². The Hall–Kier alpha value is -0.920. The number of rotatable bonds is 3. The molecule has 0 aliphatic rings.